The summed E-state index contributed by atoms with van der Waals surface area (Å²) in [7, 11) is 0. The molecule has 0 saturated heterocycles. The van der Waals surface area contributed by atoms with Gasteiger partial charge < -0.3 is 15.5 Å². The van der Waals surface area contributed by atoms with Gasteiger partial charge in [-0.3, -0.25) is 0 Å². The van der Waals surface area contributed by atoms with Crippen LogP contribution in [0.25, 0.3) is 0 Å². The molecule has 0 aliphatic rings. The average molecular weight is 239 g/mol. The highest BCUT2D eigenvalue weighted by Gasteiger charge is 2.09. The maximum absolute atomic E-state index is 9.25. The van der Waals surface area contributed by atoms with Crippen LogP contribution in [0.15, 0.2) is 6.20 Å². The molecule has 1 aromatic heterocycles. The van der Waals surface area contributed by atoms with E-state index in [0.717, 1.165) is 17.2 Å². The minimum atomic E-state index is -0.673. The van der Waals surface area contributed by atoms with Gasteiger partial charge in [-0.1, -0.05) is 13.8 Å². The Bertz CT molecular complexity index is 356. The van der Waals surface area contributed by atoms with Crippen LogP contribution in [0.2, 0.25) is 0 Å². The zero-order valence-corrected chi connectivity index (χ0v) is 10.6. The van der Waals surface area contributed by atoms with Crippen molar-refractivity contribution in [3.05, 3.63) is 17.6 Å². The summed E-state index contributed by atoms with van der Waals surface area (Å²) in [6, 6.07) is 0. The number of rotatable bonds is 6. The van der Waals surface area contributed by atoms with E-state index < -0.39 is 6.10 Å². The molecule has 3 N–H and O–H groups in total. The first-order chi connectivity index (χ1) is 8.04. The number of nitrogens with one attached hydrogen (secondary N) is 1. The molecule has 1 atom stereocenters. The van der Waals surface area contributed by atoms with Crippen molar-refractivity contribution in [1.29, 1.82) is 0 Å². The maximum atomic E-state index is 9.25. The molecule has 0 spiro atoms. The van der Waals surface area contributed by atoms with Crippen LogP contribution >= 0.6 is 0 Å². The molecule has 0 saturated carbocycles. The van der Waals surface area contributed by atoms with Crippen molar-refractivity contribution in [2.75, 3.05) is 18.5 Å². The molecule has 0 radical (unpaired) electrons. The van der Waals surface area contributed by atoms with Crippen LogP contribution in [0.5, 0.6) is 0 Å². The van der Waals surface area contributed by atoms with E-state index in [1.165, 1.54) is 0 Å². The number of hydrogen-bond acceptors (Lipinski definition) is 5. The highest BCUT2D eigenvalue weighted by Crippen LogP contribution is 2.21. The monoisotopic (exact) mass is 239 g/mol. The first-order valence-corrected chi connectivity index (χ1v) is 5.91. The molecular formula is C12H21N3O2. The van der Waals surface area contributed by atoms with Crippen molar-refractivity contribution in [2.24, 2.45) is 0 Å². The topological polar surface area (TPSA) is 78.3 Å². The van der Waals surface area contributed by atoms with Crippen molar-refractivity contribution < 1.29 is 10.2 Å². The lowest BCUT2D eigenvalue weighted by Gasteiger charge is -2.14. The summed E-state index contributed by atoms with van der Waals surface area (Å²) in [5.41, 5.74) is 1.06. The summed E-state index contributed by atoms with van der Waals surface area (Å²) in [5.74, 6) is 1.89. The number of nitrogens with zero attached hydrogens (tertiary/aromatic N) is 2. The largest absolute Gasteiger partial charge is 0.394 e. The Hall–Kier alpha value is -1.20. The van der Waals surface area contributed by atoms with Gasteiger partial charge in [-0.2, -0.15) is 0 Å². The minimum absolute atomic E-state index is 0.207. The Morgan fingerprint density at radius 3 is 2.71 bits per heavy atom. The first-order valence-electron chi connectivity index (χ1n) is 5.91. The molecule has 0 aliphatic heterocycles. The summed E-state index contributed by atoms with van der Waals surface area (Å²) in [5, 5.41) is 21.1. The van der Waals surface area contributed by atoms with E-state index in [1.807, 2.05) is 13.1 Å². The van der Waals surface area contributed by atoms with Crippen molar-refractivity contribution in [2.45, 2.75) is 39.2 Å². The molecule has 5 nitrogen and oxygen atoms in total. The van der Waals surface area contributed by atoms with Crippen molar-refractivity contribution in [3.63, 3.8) is 0 Å². The van der Waals surface area contributed by atoms with Gasteiger partial charge in [-0.05, 0) is 19.3 Å². The lowest BCUT2D eigenvalue weighted by Crippen LogP contribution is -2.18. The van der Waals surface area contributed by atoms with E-state index >= 15 is 0 Å². The molecule has 1 unspecified atom stereocenters. The fraction of sp³-hybridized carbons (Fsp3) is 0.667. The summed E-state index contributed by atoms with van der Waals surface area (Å²) >= 11 is 0. The van der Waals surface area contributed by atoms with E-state index in [1.54, 1.807) is 0 Å². The number of hydrogen-bond donors (Lipinski definition) is 3. The minimum Gasteiger partial charge on any atom is -0.394 e. The molecule has 0 fully saturated rings. The highest BCUT2D eigenvalue weighted by atomic mass is 16.3. The smallest absolute Gasteiger partial charge is 0.133 e. The predicted molar refractivity (Wildman–Crippen MR) is 67.1 cm³/mol. The number of aliphatic hydroxyl groups excluding tert-OH is 2. The van der Waals surface area contributed by atoms with E-state index in [2.05, 4.69) is 29.1 Å². The van der Waals surface area contributed by atoms with Gasteiger partial charge >= 0.3 is 0 Å². The van der Waals surface area contributed by atoms with Crippen LogP contribution < -0.4 is 5.32 Å². The molecule has 1 heterocycles. The number of aryl methyl sites for hydroxylation is 1. The molecular weight excluding hydrogens is 218 g/mol. The normalized spacial score (nSPS) is 12.8. The second-order valence-corrected chi connectivity index (χ2v) is 4.43. The molecule has 0 aromatic carbocycles. The Balaban J connectivity index is 2.65. The van der Waals surface area contributed by atoms with E-state index in [9.17, 15) is 5.11 Å². The molecule has 0 amide bonds. The third kappa shape index (κ3) is 4.28. The summed E-state index contributed by atoms with van der Waals surface area (Å²) in [6.07, 6.45) is 1.66. The molecule has 1 rings (SSSR count). The molecule has 5 heteroatoms. The SMILES string of the molecule is Cc1ncc(C(C)C)c(NCCC(O)CO)n1. The second-order valence-electron chi connectivity index (χ2n) is 4.43. The van der Waals surface area contributed by atoms with Gasteiger partial charge in [0.25, 0.3) is 0 Å². The summed E-state index contributed by atoms with van der Waals surface area (Å²) < 4.78 is 0. The molecule has 96 valence electrons. The summed E-state index contributed by atoms with van der Waals surface area (Å²) in [4.78, 5) is 8.53. The Morgan fingerprint density at radius 1 is 1.41 bits per heavy atom. The van der Waals surface area contributed by atoms with Gasteiger partial charge in [-0.25, -0.2) is 9.97 Å². The van der Waals surface area contributed by atoms with Crippen molar-refractivity contribution in [1.82, 2.24) is 9.97 Å². The molecule has 17 heavy (non-hydrogen) atoms. The fourth-order valence-electron chi connectivity index (χ4n) is 1.49. The molecule has 0 aliphatic carbocycles. The van der Waals surface area contributed by atoms with Gasteiger partial charge in [0.05, 0.1) is 12.7 Å². The van der Waals surface area contributed by atoms with Gasteiger partial charge in [0.2, 0.25) is 0 Å². The average Bonchev–Trinajstić information content (AvgIpc) is 2.28. The van der Waals surface area contributed by atoms with Crippen molar-refractivity contribution in [3.8, 4) is 0 Å². The van der Waals surface area contributed by atoms with E-state index in [0.29, 0.717) is 18.9 Å². The van der Waals surface area contributed by atoms with Gasteiger partial charge in [0.15, 0.2) is 0 Å². The van der Waals surface area contributed by atoms with Crippen LogP contribution in [0.4, 0.5) is 5.82 Å². The number of anilines is 1. The van der Waals surface area contributed by atoms with Crippen LogP contribution in [0.1, 0.15) is 37.6 Å². The Kier molecular flexibility index (Phi) is 5.31. The van der Waals surface area contributed by atoms with Crippen LogP contribution in [-0.4, -0.2) is 39.4 Å². The van der Waals surface area contributed by atoms with Gasteiger partial charge in [0.1, 0.15) is 11.6 Å². The quantitative estimate of drug-likeness (QED) is 0.692. The lowest BCUT2D eigenvalue weighted by molar-refractivity contribution is 0.0911. The summed E-state index contributed by atoms with van der Waals surface area (Å²) in [6.45, 7) is 6.39. The molecule has 0 bridgehead atoms. The third-order valence-electron chi connectivity index (χ3n) is 2.54. The van der Waals surface area contributed by atoms with Crippen LogP contribution in [0, 0.1) is 6.92 Å². The second kappa shape index (κ2) is 6.51. The van der Waals surface area contributed by atoms with Gasteiger partial charge in [-0.15, -0.1) is 0 Å². The zero-order chi connectivity index (χ0) is 12.8. The third-order valence-corrected chi connectivity index (χ3v) is 2.54. The predicted octanol–water partition coefficient (Wildman–Crippen LogP) is 1.06. The fourth-order valence-corrected chi connectivity index (χ4v) is 1.49. The van der Waals surface area contributed by atoms with Gasteiger partial charge in [0, 0.05) is 18.3 Å². The maximum Gasteiger partial charge on any atom is 0.133 e. The number of aromatic nitrogens is 2. The Morgan fingerprint density at radius 2 is 2.12 bits per heavy atom. The van der Waals surface area contributed by atoms with E-state index in [4.69, 9.17) is 5.11 Å². The zero-order valence-electron chi connectivity index (χ0n) is 10.6. The Labute approximate surface area is 102 Å². The van der Waals surface area contributed by atoms with E-state index in [-0.39, 0.29) is 6.61 Å². The lowest BCUT2D eigenvalue weighted by atomic mass is 10.1. The molecule has 1 aromatic rings. The van der Waals surface area contributed by atoms with Crippen molar-refractivity contribution >= 4 is 5.82 Å². The number of aliphatic hydroxyl groups is 2. The van der Waals surface area contributed by atoms with Crippen LogP contribution in [-0.2, 0) is 0 Å². The first kappa shape index (κ1) is 13.9. The van der Waals surface area contributed by atoms with Crippen LogP contribution in [0.3, 0.4) is 0 Å². The highest BCUT2D eigenvalue weighted by molar-refractivity contribution is 5.44. The standard InChI is InChI=1S/C12H21N3O2/c1-8(2)11-6-14-9(3)15-12(11)13-5-4-10(17)7-16/h6,8,10,16-17H,4-5,7H2,1-3H3,(H,13,14,15).